The highest BCUT2D eigenvalue weighted by Gasteiger charge is 2.22. The zero-order valence-corrected chi connectivity index (χ0v) is 13.0. The first-order valence-corrected chi connectivity index (χ1v) is 7.94. The van der Waals surface area contributed by atoms with E-state index in [1.807, 2.05) is 19.1 Å². The molecule has 0 bridgehead atoms. The summed E-state index contributed by atoms with van der Waals surface area (Å²) in [4.78, 5) is 10.8. The second kappa shape index (κ2) is 6.37. The molecule has 1 rings (SSSR count). The van der Waals surface area contributed by atoms with E-state index in [9.17, 15) is 13.2 Å². The Balaban J connectivity index is 2.97. The molecule has 1 aromatic carbocycles. The van der Waals surface area contributed by atoms with Crippen LogP contribution >= 0.6 is 0 Å². The second-order valence-corrected chi connectivity index (χ2v) is 6.83. The highest BCUT2D eigenvalue weighted by atomic mass is 32.2. The van der Waals surface area contributed by atoms with E-state index < -0.39 is 22.0 Å². The van der Waals surface area contributed by atoms with Crippen molar-refractivity contribution in [1.29, 1.82) is 0 Å². The van der Waals surface area contributed by atoms with Crippen molar-refractivity contribution in [2.45, 2.75) is 51.5 Å². The van der Waals surface area contributed by atoms with Crippen molar-refractivity contribution in [3.05, 3.63) is 28.8 Å². The van der Waals surface area contributed by atoms with E-state index >= 15 is 0 Å². The van der Waals surface area contributed by atoms with Crippen molar-refractivity contribution in [1.82, 2.24) is 4.72 Å². The van der Waals surface area contributed by atoms with Crippen molar-refractivity contribution in [3.8, 4) is 0 Å². The molecule has 0 aliphatic rings. The first-order valence-electron chi connectivity index (χ1n) is 6.45. The topological polar surface area (TPSA) is 83.5 Å². The summed E-state index contributed by atoms with van der Waals surface area (Å²) in [6.45, 7) is 7.10. The predicted octanol–water partition coefficient (Wildman–Crippen LogP) is 2.14. The lowest BCUT2D eigenvalue weighted by atomic mass is 10.1. The van der Waals surface area contributed by atoms with Crippen molar-refractivity contribution in [2.75, 3.05) is 0 Å². The van der Waals surface area contributed by atoms with Gasteiger partial charge in [0.05, 0.1) is 4.90 Å². The van der Waals surface area contributed by atoms with Crippen LogP contribution in [0.15, 0.2) is 17.0 Å². The van der Waals surface area contributed by atoms with Gasteiger partial charge < -0.3 is 5.11 Å². The van der Waals surface area contributed by atoms with Crippen LogP contribution in [0.5, 0.6) is 0 Å². The summed E-state index contributed by atoms with van der Waals surface area (Å²) in [6.07, 6.45) is 0.202. The number of carbonyl (C=O) groups is 1. The summed E-state index contributed by atoms with van der Waals surface area (Å²) in [6, 6.07) is 3.23. The van der Waals surface area contributed by atoms with Crippen LogP contribution in [0.2, 0.25) is 0 Å². The fourth-order valence-corrected chi connectivity index (χ4v) is 4.04. The molecule has 0 aliphatic carbocycles. The summed E-state index contributed by atoms with van der Waals surface area (Å²) in [7, 11) is -3.63. The molecule has 0 fully saturated rings. The quantitative estimate of drug-likeness (QED) is 0.843. The van der Waals surface area contributed by atoms with Gasteiger partial charge in [-0.05, 0) is 45.2 Å². The number of sulfonamides is 1. The van der Waals surface area contributed by atoms with Gasteiger partial charge >= 0.3 is 5.97 Å². The van der Waals surface area contributed by atoms with E-state index in [0.717, 1.165) is 5.56 Å². The van der Waals surface area contributed by atoms with E-state index in [4.69, 9.17) is 5.11 Å². The summed E-state index contributed by atoms with van der Waals surface area (Å²) in [5.41, 5.74) is 2.40. The third kappa shape index (κ3) is 4.31. The van der Waals surface area contributed by atoms with Gasteiger partial charge in [0.15, 0.2) is 0 Å². The maximum Gasteiger partial charge on any atom is 0.303 e. The monoisotopic (exact) mass is 299 g/mol. The molecule has 112 valence electrons. The van der Waals surface area contributed by atoms with Gasteiger partial charge in [-0.2, -0.15) is 0 Å². The van der Waals surface area contributed by atoms with Gasteiger partial charge in [-0.3, -0.25) is 4.79 Å². The predicted molar refractivity (Wildman–Crippen MR) is 77.3 cm³/mol. The fourth-order valence-electron chi connectivity index (χ4n) is 2.31. The molecule has 0 spiro atoms. The van der Waals surface area contributed by atoms with Crippen molar-refractivity contribution < 1.29 is 18.3 Å². The number of carboxylic acids is 1. The molecular formula is C14H21NO4S. The number of rotatable bonds is 6. The zero-order chi connectivity index (χ0) is 15.5. The molecule has 2 N–H and O–H groups in total. The lowest BCUT2D eigenvalue weighted by Crippen LogP contribution is -2.33. The number of hydrogen-bond acceptors (Lipinski definition) is 3. The van der Waals surface area contributed by atoms with Gasteiger partial charge in [0.1, 0.15) is 0 Å². The number of aryl methyl sites for hydroxylation is 3. The first-order chi connectivity index (χ1) is 9.13. The van der Waals surface area contributed by atoms with Gasteiger partial charge in [-0.25, -0.2) is 13.1 Å². The van der Waals surface area contributed by atoms with Crippen molar-refractivity contribution >= 4 is 16.0 Å². The van der Waals surface area contributed by atoms with Crippen LogP contribution in [-0.4, -0.2) is 25.5 Å². The second-order valence-electron chi connectivity index (χ2n) is 5.18. The molecule has 5 nitrogen and oxygen atoms in total. The number of carboxylic acid groups (broad SMARTS) is 1. The summed E-state index contributed by atoms with van der Waals surface area (Å²) < 4.78 is 27.3. The average Bonchev–Trinajstić information content (AvgIpc) is 2.23. The van der Waals surface area contributed by atoms with Crippen molar-refractivity contribution in [2.24, 2.45) is 0 Å². The van der Waals surface area contributed by atoms with Crippen LogP contribution in [0.25, 0.3) is 0 Å². The van der Waals surface area contributed by atoms with Gasteiger partial charge in [0.25, 0.3) is 0 Å². The Morgan fingerprint density at radius 1 is 1.25 bits per heavy atom. The molecular weight excluding hydrogens is 278 g/mol. The fraction of sp³-hybridized carbons (Fsp3) is 0.500. The largest absolute Gasteiger partial charge is 0.481 e. The zero-order valence-electron chi connectivity index (χ0n) is 12.2. The van der Waals surface area contributed by atoms with Crippen LogP contribution in [0.3, 0.4) is 0 Å². The minimum Gasteiger partial charge on any atom is -0.481 e. The molecule has 0 heterocycles. The Morgan fingerprint density at radius 3 is 2.20 bits per heavy atom. The molecule has 1 aromatic rings. The first kappa shape index (κ1) is 16.7. The lowest BCUT2D eigenvalue weighted by Gasteiger charge is -2.17. The minimum atomic E-state index is -3.63. The number of benzene rings is 1. The highest BCUT2D eigenvalue weighted by molar-refractivity contribution is 7.89. The maximum absolute atomic E-state index is 12.4. The van der Waals surface area contributed by atoms with Crippen LogP contribution in [-0.2, 0) is 14.8 Å². The normalized spacial score (nSPS) is 13.2. The molecule has 0 aromatic heterocycles. The molecule has 20 heavy (non-hydrogen) atoms. The average molecular weight is 299 g/mol. The Bertz CT molecular complexity index is 585. The van der Waals surface area contributed by atoms with E-state index in [-0.39, 0.29) is 17.7 Å². The highest BCUT2D eigenvalue weighted by Crippen LogP contribution is 2.22. The Hall–Kier alpha value is -1.40. The summed E-state index contributed by atoms with van der Waals surface area (Å²) in [5, 5.41) is 8.62. The van der Waals surface area contributed by atoms with Gasteiger partial charge in [0.2, 0.25) is 10.0 Å². The third-order valence-corrected chi connectivity index (χ3v) is 4.92. The number of aliphatic carboxylic acids is 1. The van der Waals surface area contributed by atoms with Crippen LogP contribution in [0.4, 0.5) is 0 Å². The summed E-state index contributed by atoms with van der Waals surface area (Å²) in [5.74, 6) is -0.932. The van der Waals surface area contributed by atoms with E-state index in [1.165, 1.54) is 0 Å². The molecule has 0 amide bonds. The summed E-state index contributed by atoms with van der Waals surface area (Å²) >= 11 is 0. The molecule has 0 aliphatic heterocycles. The van der Waals surface area contributed by atoms with Gasteiger partial charge in [0, 0.05) is 12.5 Å². The maximum atomic E-state index is 12.4. The minimum absolute atomic E-state index is 0.0600. The Labute approximate surface area is 120 Å². The van der Waals surface area contributed by atoms with E-state index in [1.54, 1.807) is 20.8 Å². The Morgan fingerprint density at radius 2 is 1.75 bits per heavy atom. The van der Waals surface area contributed by atoms with E-state index in [2.05, 4.69) is 4.72 Å². The van der Waals surface area contributed by atoms with Gasteiger partial charge in [-0.1, -0.05) is 17.7 Å². The number of nitrogens with one attached hydrogen (secondary N) is 1. The third-order valence-electron chi connectivity index (χ3n) is 3.02. The van der Waals surface area contributed by atoms with Crippen molar-refractivity contribution in [3.63, 3.8) is 0 Å². The van der Waals surface area contributed by atoms with Crippen LogP contribution in [0, 0.1) is 20.8 Å². The standard InChI is InChI=1S/C14H21NO4S/c1-9-7-10(2)14(11(3)8-9)20(18,19)15-12(4)5-6-13(16)17/h7-8,12,15H,5-6H2,1-4H3,(H,16,17). The smallest absolute Gasteiger partial charge is 0.303 e. The van der Waals surface area contributed by atoms with Gasteiger partial charge in [-0.15, -0.1) is 0 Å². The molecule has 0 saturated carbocycles. The molecule has 6 heteroatoms. The molecule has 0 radical (unpaired) electrons. The molecule has 1 unspecified atom stereocenters. The Kier molecular flexibility index (Phi) is 5.30. The number of hydrogen-bond donors (Lipinski definition) is 2. The van der Waals surface area contributed by atoms with Crippen LogP contribution in [0.1, 0.15) is 36.5 Å². The van der Waals surface area contributed by atoms with Crippen LogP contribution < -0.4 is 4.72 Å². The van der Waals surface area contributed by atoms with E-state index in [0.29, 0.717) is 11.1 Å². The molecule has 1 atom stereocenters. The SMILES string of the molecule is Cc1cc(C)c(S(=O)(=O)NC(C)CCC(=O)O)c(C)c1. The molecule has 0 saturated heterocycles. The lowest BCUT2D eigenvalue weighted by molar-refractivity contribution is -0.137.